The summed E-state index contributed by atoms with van der Waals surface area (Å²) in [5.74, 6) is -0.973. The first-order valence-electron chi connectivity index (χ1n) is 11.1. The first-order chi connectivity index (χ1) is 15.6. The highest BCUT2D eigenvalue weighted by molar-refractivity contribution is 6.08. The fraction of sp³-hybridized carbons (Fsp3) is 0.259. The molecule has 164 valence electrons. The molecule has 1 aliphatic carbocycles. The number of nitrogens with zero attached hydrogens (tertiary/aromatic N) is 1. The van der Waals surface area contributed by atoms with Crippen molar-refractivity contribution < 1.29 is 14.7 Å². The SMILES string of the molecule is O=C(O)CCN/C(=C\C(=O)c1ccccc1)c1cc2c(n1Cc1ccccc1)CCCC2. The summed E-state index contributed by atoms with van der Waals surface area (Å²) >= 11 is 0. The van der Waals surface area contributed by atoms with Crippen LogP contribution in [0.2, 0.25) is 0 Å². The highest BCUT2D eigenvalue weighted by atomic mass is 16.4. The number of benzene rings is 2. The third-order valence-electron chi connectivity index (χ3n) is 5.86. The van der Waals surface area contributed by atoms with Crippen LogP contribution >= 0.6 is 0 Å². The van der Waals surface area contributed by atoms with Gasteiger partial charge in [0.1, 0.15) is 0 Å². The highest BCUT2D eigenvalue weighted by Gasteiger charge is 2.21. The lowest BCUT2D eigenvalue weighted by molar-refractivity contribution is -0.136. The Bertz CT molecular complexity index is 1110. The summed E-state index contributed by atoms with van der Waals surface area (Å²) in [7, 11) is 0. The van der Waals surface area contributed by atoms with Gasteiger partial charge >= 0.3 is 5.97 Å². The van der Waals surface area contributed by atoms with E-state index >= 15 is 0 Å². The van der Waals surface area contributed by atoms with Crippen LogP contribution in [-0.4, -0.2) is 28.0 Å². The van der Waals surface area contributed by atoms with E-state index in [1.807, 2.05) is 36.4 Å². The molecule has 4 rings (SSSR count). The first kappa shape index (κ1) is 21.6. The Kier molecular flexibility index (Phi) is 6.85. The van der Waals surface area contributed by atoms with Crippen LogP contribution in [0.15, 0.2) is 72.8 Å². The summed E-state index contributed by atoms with van der Waals surface area (Å²) in [4.78, 5) is 24.1. The quantitative estimate of drug-likeness (QED) is 0.383. The van der Waals surface area contributed by atoms with Crippen molar-refractivity contribution in [2.24, 2.45) is 0 Å². The number of hydrogen-bond donors (Lipinski definition) is 2. The third-order valence-corrected chi connectivity index (χ3v) is 5.86. The van der Waals surface area contributed by atoms with Crippen LogP contribution in [0.4, 0.5) is 0 Å². The van der Waals surface area contributed by atoms with Gasteiger partial charge in [-0.1, -0.05) is 60.7 Å². The minimum atomic E-state index is -0.870. The number of aryl methyl sites for hydroxylation is 1. The van der Waals surface area contributed by atoms with Gasteiger partial charge in [0, 0.05) is 30.4 Å². The van der Waals surface area contributed by atoms with E-state index in [2.05, 4.69) is 28.1 Å². The van der Waals surface area contributed by atoms with Crippen molar-refractivity contribution >= 4 is 17.4 Å². The zero-order valence-electron chi connectivity index (χ0n) is 18.1. The Morgan fingerprint density at radius 1 is 0.969 bits per heavy atom. The van der Waals surface area contributed by atoms with Gasteiger partial charge in [-0.15, -0.1) is 0 Å². The summed E-state index contributed by atoms with van der Waals surface area (Å²) in [6, 6.07) is 21.6. The van der Waals surface area contributed by atoms with E-state index < -0.39 is 5.97 Å². The lowest BCUT2D eigenvalue weighted by Crippen LogP contribution is -2.21. The molecular weight excluding hydrogens is 400 g/mol. The molecule has 32 heavy (non-hydrogen) atoms. The Morgan fingerprint density at radius 3 is 2.38 bits per heavy atom. The maximum absolute atomic E-state index is 13.0. The van der Waals surface area contributed by atoms with E-state index in [4.69, 9.17) is 5.11 Å². The smallest absolute Gasteiger partial charge is 0.305 e. The Hall–Kier alpha value is -3.60. The number of carboxylic acid groups (broad SMARTS) is 1. The Labute approximate surface area is 188 Å². The minimum absolute atomic E-state index is 0.0179. The van der Waals surface area contributed by atoms with Gasteiger partial charge in [0.15, 0.2) is 5.78 Å². The first-order valence-corrected chi connectivity index (χ1v) is 11.1. The van der Waals surface area contributed by atoms with Crippen LogP contribution in [0, 0.1) is 0 Å². The molecule has 0 saturated heterocycles. The van der Waals surface area contributed by atoms with E-state index in [0.717, 1.165) is 31.4 Å². The van der Waals surface area contributed by atoms with Crippen molar-refractivity contribution in [2.75, 3.05) is 6.54 Å². The number of aliphatic carboxylic acids is 1. The molecule has 0 bridgehead atoms. The summed E-state index contributed by atoms with van der Waals surface area (Å²) in [5, 5.41) is 12.3. The number of carbonyl (C=O) groups excluding carboxylic acids is 1. The molecule has 0 spiro atoms. The second kappa shape index (κ2) is 10.1. The Balaban J connectivity index is 1.75. The van der Waals surface area contributed by atoms with Gasteiger partial charge in [0.25, 0.3) is 0 Å². The second-order valence-corrected chi connectivity index (χ2v) is 8.14. The van der Waals surface area contributed by atoms with Crippen molar-refractivity contribution in [2.45, 2.75) is 38.6 Å². The average Bonchev–Trinajstić information content (AvgIpc) is 3.17. The molecule has 0 atom stereocenters. The van der Waals surface area contributed by atoms with Gasteiger partial charge in [0.2, 0.25) is 0 Å². The molecule has 0 saturated carbocycles. The summed E-state index contributed by atoms with van der Waals surface area (Å²) in [6.07, 6.45) is 5.95. The van der Waals surface area contributed by atoms with Crippen LogP contribution in [0.25, 0.3) is 5.70 Å². The van der Waals surface area contributed by atoms with Gasteiger partial charge in [-0.3, -0.25) is 9.59 Å². The Morgan fingerprint density at radius 2 is 1.66 bits per heavy atom. The van der Waals surface area contributed by atoms with Crippen LogP contribution in [0.3, 0.4) is 0 Å². The molecular formula is C27H28N2O3. The fourth-order valence-corrected chi connectivity index (χ4v) is 4.27. The number of aromatic nitrogens is 1. The zero-order valence-corrected chi connectivity index (χ0v) is 18.1. The van der Waals surface area contributed by atoms with Gasteiger partial charge in [-0.05, 0) is 42.9 Å². The normalized spacial score (nSPS) is 13.4. The largest absolute Gasteiger partial charge is 0.481 e. The van der Waals surface area contributed by atoms with Crippen molar-refractivity contribution in [1.82, 2.24) is 9.88 Å². The van der Waals surface area contributed by atoms with Crippen molar-refractivity contribution in [1.29, 1.82) is 0 Å². The van der Waals surface area contributed by atoms with E-state index in [-0.39, 0.29) is 18.7 Å². The third kappa shape index (κ3) is 5.17. The molecule has 2 aromatic carbocycles. The molecule has 1 aliphatic rings. The van der Waals surface area contributed by atoms with E-state index in [1.165, 1.54) is 16.8 Å². The summed E-state index contributed by atoms with van der Waals surface area (Å²) < 4.78 is 2.29. The van der Waals surface area contributed by atoms with E-state index in [0.29, 0.717) is 17.8 Å². The topological polar surface area (TPSA) is 71.3 Å². The van der Waals surface area contributed by atoms with Crippen molar-refractivity contribution in [3.05, 3.63) is 101 Å². The lowest BCUT2D eigenvalue weighted by atomic mass is 9.98. The monoisotopic (exact) mass is 428 g/mol. The molecule has 3 aromatic rings. The molecule has 0 fully saturated rings. The molecule has 5 nitrogen and oxygen atoms in total. The number of ketones is 1. The molecule has 0 aliphatic heterocycles. The average molecular weight is 429 g/mol. The highest BCUT2D eigenvalue weighted by Crippen LogP contribution is 2.29. The minimum Gasteiger partial charge on any atom is -0.481 e. The van der Waals surface area contributed by atoms with Gasteiger partial charge in [-0.25, -0.2) is 0 Å². The summed E-state index contributed by atoms with van der Waals surface area (Å²) in [5.41, 5.74) is 6.04. The lowest BCUT2D eigenvalue weighted by Gasteiger charge is -2.19. The molecule has 0 radical (unpaired) electrons. The van der Waals surface area contributed by atoms with E-state index in [9.17, 15) is 9.59 Å². The van der Waals surface area contributed by atoms with Crippen molar-refractivity contribution in [3.8, 4) is 0 Å². The molecule has 1 heterocycles. The van der Waals surface area contributed by atoms with Gasteiger partial charge in [0.05, 0.1) is 17.8 Å². The fourth-order valence-electron chi connectivity index (χ4n) is 4.27. The van der Waals surface area contributed by atoms with Crippen molar-refractivity contribution in [3.63, 3.8) is 0 Å². The summed E-state index contributed by atoms with van der Waals surface area (Å²) in [6.45, 7) is 0.966. The maximum Gasteiger partial charge on any atom is 0.305 e. The number of hydrogen-bond acceptors (Lipinski definition) is 3. The molecule has 1 aromatic heterocycles. The van der Waals surface area contributed by atoms with Crippen LogP contribution in [-0.2, 0) is 24.2 Å². The maximum atomic E-state index is 13.0. The van der Waals surface area contributed by atoms with Crippen LogP contribution in [0.1, 0.15) is 52.1 Å². The predicted molar refractivity (Wildman–Crippen MR) is 126 cm³/mol. The van der Waals surface area contributed by atoms with Gasteiger partial charge in [-0.2, -0.15) is 0 Å². The molecule has 5 heteroatoms. The predicted octanol–water partition coefficient (Wildman–Crippen LogP) is 4.70. The standard InChI is InChI=1S/C27H28N2O3/c30-26(21-11-5-2-6-12-21)18-23(28-16-15-27(31)32)25-17-22-13-7-8-14-24(22)29(25)19-20-9-3-1-4-10-20/h1-6,9-12,17-18,28H,7-8,13-16,19H2,(H,31,32)/b23-18-. The second-order valence-electron chi connectivity index (χ2n) is 8.14. The van der Waals surface area contributed by atoms with E-state index in [1.54, 1.807) is 18.2 Å². The number of allylic oxidation sites excluding steroid dienone is 1. The number of nitrogens with one attached hydrogen (secondary N) is 1. The van der Waals surface area contributed by atoms with Crippen LogP contribution in [0.5, 0.6) is 0 Å². The number of fused-ring (bicyclic) bond motifs is 1. The molecule has 0 amide bonds. The van der Waals surface area contributed by atoms with Gasteiger partial charge < -0.3 is 15.0 Å². The number of carboxylic acids is 1. The van der Waals surface area contributed by atoms with Crippen LogP contribution < -0.4 is 5.32 Å². The number of carbonyl (C=O) groups is 2. The molecule has 0 unspecified atom stereocenters. The molecule has 2 N–H and O–H groups in total. The number of rotatable bonds is 9. The zero-order chi connectivity index (χ0) is 22.3.